The van der Waals surface area contributed by atoms with Gasteiger partial charge in [-0.05, 0) is 62.9 Å². The fourth-order valence-corrected chi connectivity index (χ4v) is 3.26. The van der Waals surface area contributed by atoms with Crippen molar-refractivity contribution in [3.8, 4) is 0 Å². The third kappa shape index (κ3) is 5.68. The van der Waals surface area contributed by atoms with E-state index >= 15 is 0 Å². The number of carbonyl (C=O) groups excluding carboxylic acids is 2. The molecule has 0 aliphatic carbocycles. The highest BCUT2D eigenvalue weighted by Gasteiger charge is 2.20. The van der Waals surface area contributed by atoms with Crippen LogP contribution in [0.5, 0.6) is 0 Å². The van der Waals surface area contributed by atoms with Gasteiger partial charge >= 0.3 is 0 Å². The first kappa shape index (κ1) is 20.1. The standard InChI is InChI=1S/C20H27N3O2S/c1-14-7-5-9-18(15(14)2)22-19(24)13-23(4)16(3)20(25)21-11-10-17-8-6-12-26-17/h5-9,12,16H,10-11,13H2,1-4H3,(H,21,25)(H,22,24)/t16-/m0/s1. The molecule has 140 valence electrons. The van der Waals surface area contributed by atoms with Gasteiger partial charge in [0.05, 0.1) is 12.6 Å². The minimum absolute atomic E-state index is 0.0661. The summed E-state index contributed by atoms with van der Waals surface area (Å²) in [5.41, 5.74) is 3.01. The van der Waals surface area contributed by atoms with Crippen LogP contribution < -0.4 is 10.6 Å². The summed E-state index contributed by atoms with van der Waals surface area (Å²) in [5.74, 6) is -0.192. The summed E-state index contributed by atoms with van der Waals surface area (Å²) in [6.45, 7) is 6.57. The smallest absolute Gasteiger partial charge is 0.238 e. The summed E-state index contributed by atoms with van der Waals surface area (Å²) in [4.78, 5) is 27.6. The van der Waals surface area contributed by atoms with Crippen molar-refractivity contribution in [1.29, 1.82) is 0 Å². The molecule has 0 aliphatic rings. The maximum absolute atomic E-state index is 12.3. The van der Waals surface area contributed by atoms with Crippen molar-refractivity contribution < 1.29 is 9.59 Å². The molecule has 2 aromatic rings. The summed E-state index contributed by atoms with van der Waals surface area (Å²) in [7, 11) is 1.78. The quantitative estimate of drug-likeness (QED) is 0.748. The molecule has 2 amide bonds. The second-order valence-corrected chi connectivity index (χ2v) is 7.54. The van der Waals surface area contributed by atoms with Gasteiger partial charge in [0.25, 0.3) is 0 Å². The van der Waals surface area contributed by atoms with E-state index in [1.165, 1.54) is 4.88 Å². The predicted molar refractivity (Wildman–Crippen MR) is 108 cm³/mol. The Bertz CT molecular complexity index is 744. The summed E-state index contributed by atoms with van der Waals surface area (Å²) < 4.78 is 0. The molecule has 1 heterocycles. The molecule has 1 aromatic carbocycles. The lowest BCUT2D eigenvalue weighted by Gasteiger charge is -2.23. The van der Waals surface area contributed by atoms with E-state index < -0.39 is 0 Å². The number of rotatable bonds is 8. The number of thiophene rings is 1. The Hall–Kier alpha value is -2.18. The first-order chi connectivity index (χ1) is 12.4. The van der Waals surface area contributed by atoms with Gasteiger partial charge in [0, 0.05) is 17.1 Å². The van der Waals surface area contributed by atoms with Gasteiger partial charge in [0.15, 0.2) is 0 Å². The number of amides is 2. The van der Waals surface area contributed by atoms with E-state index in [-0.39, 0.29) is 24.4 Å². The van der Waals surface area contributed by atoms with Crippen molar-refractivity contribution in [2.24, 2.45) is 0 Å². The van der Waals surface area contributed by atoms with Gasteiger partial charge in [-0.25, -0.2) is 0 Å². The van der Waals surface area contributed by atoms with Gasteiger partial charge in [-0.3, -0.25) is 14.5 Å². The molecule has 0 unspecified atom stereocenters. The van der Waals surface area contributed by atoms with Crippen LogP contribution in [0.1, 0.15) is 22.9 Å². The summed E-state index contributed by atoms with van der Waals surface area (Å²) in [5, 5.41) is 7.89. The summed E-state index contributed by atoms with van der Waals surface area (Å²) in [6, 6.07) is 9.52. The maximum atomic E-state index is 12.3. The number of anilines is 1. The highest BCUT2D eigenvalue weighted by Crippen LogP contribution is 2.17. The maximum Gasteiger partial charge on any atom is 0.238 e. The van der Waals surface area contributed by atoms with Crippen LogP contribution in [-0.4, -0.2) is 42.9 Å². The average Bonchev–Trinajstić information content (AvgIpc) is 3.11. The van der Waals surface area contributed by atoms with E-state index in [1.54, 1.807) is 23.3 Å². The number of aryl methyl sites for hydroxylation is 1. The van der Waals surface area contributed by atoms with Crippen molar-refractivity contribution in [3.05, 3.63) is 51.7 Å². The fourth-order valence-electron chi connectivity index (χ4n) is 2.55. The third-order valence-corrected chi connectivity index (χ3v) is 5.50. The Morgan fingerprint density at radius 3 is 2.65 bits per heavy atom. The largest absolute Gasteiger partial charge is 0.354 e. The number of nitrogens with one attached hydrogen (secondary N) is 2. The number of nitrogens with zero attached hydrogens (tertiary/aromatic N) is 1. The monoisotopic (exact) mass is 373 g/mol. The Balaban J connectivity index is 1.79. The minimum atomic E-state index is -0.373. The molecule has 26 heavy (non-hydrogen) atoms. The molecule has 1 atom stereocenters. The average molecular weight is 374 g/mol. The molecule has 0 saturated carbocycles. The van der Waals surface area contributed by atoms with Gasteiger partial charge in [-0.15, -0.1) is 11.3 Å². The van der Waals surface area contributed by atoms with E-state index in [1.807, 2.05) is 50.4 Å². The van der Waals surface area contributed by atoms with Crippen molar-refractivity contribution in [2.45, 2.75) is 33.2 Å². The highest BCUT2D eigenvalue weighted by atomic mass is 32.1. The van der Waals surface area contributed by atoms with Gasteiger partial charge in [0.1, 0.15) is 0 Å². The Kier molecular flexibility index (Phi) is 7.36. The van der Waals surface area contributed by atoms with Crippen LogP contribution in [0.15, 0.2) is 35.7 Å². The van der Waals surface area contributed by atoms with Crippen LogP contribution in [0, 0.1) is 13.8 Å². The highest BCUT2D eigenvalue weighted by molar-refractivity contribution is 7.09. The lowest BCUT2D eigenvalue weighted by atomic mass is 10.1. The summed E-state index contributed by atoms with van der Waals surface area (Å²) >= 11 is 1.69. The number of carbonyl (C=O) groups is 2. The SMILES string of the molecule is Cc1cccc(NC(=O)CN(C)[C@@H](C)C(=O)NCCc2cccs2)c1C. The van der Waals surface area contributed by atoms with Crippen LogP contribution in [0.25, 0.3) is 0 Å². The van der Waals surface area contributed by atoms with Crippen molar-refractivity contribution in [1.82, 2.24) is 10.2 Å². The number of hydrogen-bond acceptors (Lipinski definition) is 4. The molecule has 0 aliphatic heterocycles. The van der Waals surface area contributed by atoms with Crippen LogP contribution in [-0.2, 0) is 16.0 Å². The third-order valence-electron chi connectivity index (χ3n) is 4.56. The van der Waals surface area contributed by atoms with E-state index in [9.17, 15) is 9.59 Å². The van der Waals surface area contributed by atoms with Crippen molar-refractivity contribution in [3.63, 3.8) is 0 Å². The zero-order chi connectivity index (χ0) is 19.1. The van der Waals surface area contributed by atoms with Gasteiger partial charge in [-0.2, -0.15) is 0 Å². The second kappa shape index (κ2) is 9.50. The van der Waals surface area contributed by atoms with Gasteiger partial charge in [0.2, 0.25) is 11.8 Å². The summed E-state index contributed by atoms with van der Waals surface area (Å²) in [6.07, 6.45) is 0.826. The first-order valence-electron chi connectivity index (χ1n) is 8.75. The lowest BCUT2D eigenvalue weighted by Crippen LogP contribution is -2.46. The van der Waals surface area contributed by atoms with Crippen LogP contribution >= 0.6 is 11.3 Å². The fraction of sp³-hybridized carbons (Fsp3) is 0.400. The molecule has 0 fully saturated rings. The normalized spacial score (nSPS) is 12.0. The molecule has 0 bridgehead atoms. The van der Waals surface area contributed by atoms with Gasteiger partial charge < -0.3 is 10.6 Å². The first-order valence-corrected chi connectivity index (χ1v) is 9.63. The molecule has 0 saturated heterocycles. The predicted octanol–water partition coefficient (Wildman–Crippen LogP) is 2.98. The molecule has 0 spiro atoms. The minimum Gasteiger partial charge on any atom is -0.354 e. The molecule has 5 nitrogen and oxygen atoms in total. The van der Waals surface area contributed by atoms with Crippen molar-refractivity contribution >= 4 is 28.8 Å². The molecular formula is C20H27N3O2S. The Morgan fingerprint density at radius 1 is 1.19 bits per heavy atom. The van der Waals surface area contributed by atoms with E-state index in [4.69, 9.17) is 0 Å². The van der Waals surface area contributed by atoms with Crippen molar-refractivity contribution in [2.75, 3.05) is 25.5 Å². The topological polar surface area (TPSA) is 61.4 Å². The van der Waals surface area contributed by atoms with E-state index in [2.05, 4.69) is 16.7 Å². The van der Waals surface area contributed by atoms with Crippen LogP contribution in [0.3, 0.4) is 0 Å². The molecular weight excluding hydrogens is 346 g/mol. The molecule has 0 radical (unpaired) electrons. The Labute approximate surface area is 159 Å². The molecule has 2 rings (SSSR count). The van der Waals surface area contributed by atoms with Gasteiger partial charge in [-0.1, -0.05) is 18.2 Å². The van der Waals surface area contributed by atoms with Crippen LogP contribution in [0.4, 0.5) is 5.69 Å². The number of benzene rings is 1. The second-order valence-electron chi connectivity index (χ2n) is 6.51. The van der Waals surface area contributed by atoms with E-state index in [0.717, 1.165) is 23.2 Å². The number of hydrogen-bond donors (Lipinski definition) is 2. The zero-order valence-corrected chi connectivity index (χ0v) is 16.7. The zero-order valence-electron chi connectivity index (χ0n) is 15.8. The number of likely N-dealkylation sites (N-methyl/N-ethyl adjacent to an activating group) is 1. The van der Waals surface area contributed by atoms with E-state index in [0.29, 0.717) is 6.54 Å². The Morgan fingerprint density at radius 2 is 1.96 bits per heavy atom. The van der Waals surface area contributed by atoms with Crippen LogP contribution in [0.2, 0.25) is 0 Å². The lowest BCUT2D eigenvalue weighted by molar-refractivity contribution is -0.126. The molecule has 2 N–H and O–H groups in total. The molecule has 1 aromatic heterocycles. The molecule has 6 heteroatoms.